The highest BCUT2D eigenvalue weighted by Gasteiger charge is 2.13. The van der Waals surface area contributed by atoms with Gasteiger partial charge in [-0.1, -0.05) is 55.4 Å². The summed E-state index contributed by atoms with van der Waals surface area (Å²) in [4.78, 5) is 0. The summed E-state index contributed by atoms with van der Waals surface area (Å²) in [6.45, 7) is 6.92. The zero-order valence-corrected chi connectivity index (χ0v) is 13.8. The van der Waals surface area contributed by atoms with Crippen LogP contribution in [-0.2, 0) is 25.1 Å². The van der Waals surface area contributed by atoms with Gasteiger partial charge in [-0.3, -0.25) is 0 Å². The minimum Gasteiger partial charge on any atom is -0.326 e. The number of hydrogen-bond acceptors (Lipinski definition) is 4. The molecule has 1 aromatic heterocycles. The molecule has 4 heteroatoms. The van der Waals surface area contributed by atoms with Gasteiger partial charge in [0.1, 0.15) is 5.03 Å². The Morgan fingerprint density at radius 1 is 1.10 bits per heavy atom. The highest BCUT2D eigenvalue weighted by atomic mass is 32.2. The molecular formula is C17H23N3S. The van der Waals surface area contributed by atoms with Crippen LogP contribution in [0.4, 0.5) is 0 Å². The summed E-state index contributed by atoms with van der Waals surface area (Å²) in [5, 5.41) is 9.76. The van der Waals surface area contributed by atoms with E-state index in [1.165, 1.54) is 22.3 Å². The molecule has 0 amide bonds. The molecule has 1 heterocycles. The Morgan fingerprint density at radius 3 is 2.52 bits per heavy atom. The Kier molecular flexibility index (Phi) is 5.76. The number of thioether (sulfide) groups is 1. The molecule has 0 spiro atoms. The van der Waals surface area contributed by atoms with Crippen LogP contribution in [0.5, 0.6) is 0 Å². The predicted octanol–water partition coefficient (Wildman–Crippen LogP) is 3.66. The lowest BCUT2D eigenvalue weighted by atomic mass is 10.0. The molecule has 3 nitrogen and oxygen atoms in total. The summed E-state index contributed by atoms with van der Waals surface area (Å²) in [6, 6.07) is 8.57. The van der Waals surface area contributed by atoms with Gasteiger partial charge in [-0.2, -0.15) is 5.10 Å². The van der Waals surface area contributed by atoms with Crippen LogP contribution in [0.2, 0.25) is 0 Å². The van der Waals surface area contributed by atoms with E-state index in [1.807, 2.05) is 0 Å². The highest BCUT2D eigenvalue weighted by molar-refractivity contribution is 7.98. The van der Waals surface area contributed by atoms with Gasteiger partial charge in [-0.05, 0) is 30.9 Å². The summed E-state index contributed by atoms with van der Waals surface area (Å²) in [7, 11) is 0. The molecule has 0 aliphatic carbocycles. The van der Waals surface area contributed by atoms with Crippen molar-refractivity contribution < 1.29 is 0 Å². The molecule has 112 valence electrons. The molecule has 2 rings (SSSR count). The van der Waals surface area contributed by atoms with Crippen LogP contribution >= 0.6 is 11.8 Å². The van der Waals surface area contributed by atoms with E-state index in [0.717, 1.165) is 29.3 Å². The van der Waals surface area contributed by atoms with Crippen molar-refractivity contribution in [3.05, 3.63) is 52.2 Å². The molecule has 0 fully saturated rings. The van der Waals surface area contributed by atoms with Gasteiger partial charge in [-0.25, -0.2) is 0 Å². The van der Waals surface area contributed by atoms with Crippen molar-refractivity contribution >= 4 is 11.8 Å². The maximum atomic E-state index is 5.96. The average molecular weight is 301 g/mol. The molecule has 2 aromatic rings. The molecule has 0 bridgehead atoms. The van der Waals surface area contributed by atoms with Crippen molar-refractivity contribution in [1.82, 2.24) is 10.2 Å². The molecule has 0 radical (unpaired) electrons. The number of hydrogen-bond donors (Lipinski definition) is 1. The fourth-order valence-corrected chi connectivity index (χ4v) is 3.47. The Labute approximate surface area is 131 Å². The summed E-state index contributed by atoms with van der Waals surface area (Å²) in [6.07, 6.45) is 1.87. The molecular weight excluding hydrogens is 278 g/mol. The third-order valence-electron chi connectivity index (χ3n) is 3.58. The van der Waals surface area contributed by atoms with Crippen LogP contribution < -0.4 is 5.73 Å². The molecule has 0 atom stereocenters. The summed E-state index contributed by atoms with van der Waals surface area (Å²) < 4.78 is 0. The van der Waals surface area contributed by atoms with Gasteiger partial charge in [0.2, 0.25) is 0 Å². The number of nitrogens with two attached hydrogens (primary N) is 1. The van der Waals surface area contributed by atoms with E-state index in [0.29, 0.717) is 6.54 Å². The second-order valence-corrected chi connectivity index (χ2v) is 6.06. The molecule has 0 saturated carbocycles. The number of aryl methyl sites for hydroxylation is 2. The standard InChI is InChI=1S/C17H23N3S/c1-4-14-15(10-18)17(20-19-16(14)5-2)21-11-13-8-6-7-12(3)9-13/h6-9H,4-5,10-11,18H2,1-3H3. The van der Waals surface area contributed by atoms with Crippen molar-refractivity contribution in [2.75, 3.05) is 0 Å². The van der Waals surface area contributed by atoms with Crippen molar-refractivity contribution in [1.29, 1.82) is 0 Å². The number of nitrogens with zero attached hydrogens (tertiary/aromatic N) is 2. The van der Waals surface area contributed by atoms with Crippen LogP contribution in [0, 0.1) is 6.92 Å². The van der Waals surface area contributed by atoms with Crippen molar-refractivity contribution in [3.8, 4) is 0 Å². The third kappa shape index (κ3) is 3.83. The molecule has 0 aliphatic rings. The molecule has 1 aromatic carbocycles. The van der Waals surface area contributed by atoms with E-state index in [2.05, 4.69) is 55.2 Å². The Balaban J connectivity index is 2.23. The smallest absolute Gasteiger partial charge is 0.124 e. The van der Waals surface area contributed by atoms with E-state index in [1.54, 1.807) is 11.8 Å². The second kappa shape index (κ2) is 7.57. The van der Waals surface area contributed by atoms with Crippen LogP contribution in [-0.4, -0.2) is 10.2 Å². The van der Waals surface area contributed by atoms with E-state index < -0.39 is 0 Å². The first-order chi connectivity index (χ1) is 10.2. The van der Waals surface area contributed by atoms with Gasteiger partial charge in [0.15, 0.2) is 0 Å². The zero-order valence-electron chi connectivity index (χ0n) is 13.0. The Bertz CT molecular complexity index is 611. The fourth-order valence-electron chi connectivity index (χ4n) is 2.51. The van der Waals surface area contributed by atoms with Crippen LogP contribution in [0.15, 0.2) is 29.3 Å². The van der Waals surface area contributed by atoms with Gasteiger partial charge < -0.3 is 5.73 Å². The minimum absolute atomic E-state index is 0.530. The second-order valence-electron chi connectivity index (χ2n) is 5.10. The molecule has 0 aliphatic heterocycles. The summed E-state index contributed by atoms with van der Waals surface area (Å²) >= 11 is 1.73. The van der Waals surface area contributed by atoms with E-state index >= 15 is 0 Å². The number of benzene rings is 1. The Morgan fingerprint density at radius 2 is 1.90 bits per heavy atom. The number of rotatable bonds is 6. The third-order valence-corrected chi connectivity index (χ3v) is 4.66. The summed E-state index contributed by atoms with van der Waals surface area (Å²) in [5.74, 6) is 0.901. The van der Waals surface area contributed by atoms with Gasteiger partial charge in [-0.15, -0.1) is 5.10 Å². The molecule has 0 unspecified atom stereocenters. The zero-order chi connectivity index (χ0) is 15.2. The fraction of sp³-hybridized carbons (Fsp3) is 0.412. The monoisotopic (exact) mass is 301 g/mol. The SMILES string of the molecule is CCc1nnc(SCc2cccc(C)c2)c(CN)c1CC. The van der Waals surface area contributed by atoms with E-state index in [4.69, 9.17) is 5.73 Å². The van der Waals surface area contributed by atoms with Crippen LogP contribution in [0.25, 0.3) is 0 Å². The first-order valence-corrected chi connectivity index (χ1v) is 8.43. The first-order valence-electron chi connectivity index (χ1n) is 7.45. The van der Waals surface area contributed by atoms with Gasteiger partial charge in [0.25, 0.3) is 0 Å². The lowest BCUT2D eigenvalue weighted by molar-refractivity contribution is 0.782. The maximum absolute atomic E-state index is 5.96. The maximum Gasteiger partial charge on any atom is 0.124 e. The normalized spacial score (nSPS) is 10.9. The number of aromatic nitrogens is 2. The minimum atomic E-state index is 0.530. The largest absolute Gasteiger partial charge is 0.326 e. The van der Waals surface area contributed by atoms with E-state index in [-0.39, 0.29) is 0 Å². The molecule has 21 heavy (non-hydrogen) atoms. The van der Waals surface area contributed by atoms with Gasteiger partial charge in [0.05, 0.1) is 5.69 Å². The predicted molar refractivity (Wildman–Crippen MR) is 89.4 cm³/mol. The van der Waals surface area contributed by atoms with Gasteiger partial charge >= 0.3 is 0 Å². The van der Waals surface area contributed by atoms with E-state index in [9.17, 15) is 0 Å². The van der Waals surface area contributed by atoms with Crippen molar-refractivity contribution in [2.24, 2.45) is 5.73 Å². The van der Waals surface area contributed by atoms with Crippen molar-refractivity contribution in [3.63, 3.8) is 0 Å². The molecule has 2 N–H and O–H groups in total. The average Bonchev–Trinajstić information content (AvgIpc) is 2.51. The van der Waals surface area contributed by atoms with Crippen LogP contribution in [0.1, 0.15) is 41.8 Å². The topological polar surface area (TPSA) is 51.8 Å². The Hall–Kier alpha value is -1.39. The lowest BCUT2D eigenvalue weighted by Gasteiger charge is -2.13. The summed E-state index contributed by atoms with van der Waals surface area (Å²) in [5.41, 5.74) is 12.1. The van der Waals surface area contributed by atoms with Crippen molar-refractivity contribution in [2.45, 2.75) is 50.9 Å². The first kappa shape index (κ1) is 16.0. The molecule has 0 saturated heterocycles. The van der Waals surface area contributed by atoms with Crippen LogP contribution in [0.3, 0.4) is 0 Å². The highest BCUT2D eigenvalue weighted by Crippen LogP contribution is 2.27. The van der Waals surface area contributed by atoms with Gasteiger partial charge in [0, 0.05) is 17.9 Å². The quantitative estimate of drug-likeness (QED) is 0.827. The lowest BCUT2D eigenvalue weighted by Crippen LogP contribution is -2.10.